The maximum Gasteiger partial charge on any atom is 0.259 e. The van der Waals surface area contributed by atoms with E-state index in [-0.39, 0.29) is 16.3 Å². The van der Waals surface area contributed by atoms with E-state index in [0.717, 1.165) is 15.3 Å². The lowest BCUT2D eigenvalue weighted by molar-refractivity contribution is 0.321. The van der Waals surface area contributed by atoms with Gasteiger partial charge in [-0.15, -0.1) is 16.4 Å². The predicted octanol–water partition coefficient (Wildman–Crippen LogP) is 3.20. The molecule has 0 fully saturated rings. The zero-order valence-corrected chi connectivity index (χ0v) is 16.2. The van der Waals surface area contributed by atoms with Gasteiger partial charge in [0.05, 0.1) is 16.2 Å². The number of aromatic nitrogens is 6. The Morgan fingerprint density at radius 1 is 1.29 bits per heavy atom. The summed E-state index contributed by atoms with van der Waals surface area (Å²) >= 11 is 3.04. The molecule has 0 saturated carbocycles. The van der Waals surface area contributed by atoms with Gasteiger partial charge < -0.3 is 4.98 Å². The second kappa shape index (κ2) is 5.96. The molecule has 1 atom stereocenters. The first-order chi connectivity index (χ1) is 11.2. The molecule has 1 N–H and O–H groups in total. The van der Waals surface area contributed by atoms with Crippen molar-refractivity contribution in [3.8, 4) is 0 Å². The number of rotatable bonds is 3. The van der Waals surface area contributed by atoms with E-state index >= 15 is 0 Å². The predicted molar refractivity (Wildman–Crippen MR) is 96.8 cm³/mol. The van der Waals surface area contributed by atoms with Crippen molar-refractivity contribution in [2.45, 2.75) is 57.5 Å². The van der Waals surface area contributed by atoms with Crippen LogP contribution in [0.3, 0.4) is 0 Å². The van der Waals surface area contributed by atoms with Gasteiger partial charge in [0.25, 0.3) is 5.56 Å². The van der Waals surface area contributed by atoms with Gasteiger partial charge in [-0.05, 0) is 57.5 Å². The molecular formula is C15H20N6OS2. The highest BCUT2D eigenvalue weighted by Crippen LogP contribution is 2.34. The van der Waals surface area contributed by atoms with Crippen LogP contribution >= 0.6 is 23.1 Å². The molecule has 3 aromatic rings. The number of nitrogens with zero attached hydrogens (tertiary/aromatic N) is 5. The minimum Gasteiger partial charge on any atom is -0.309 e. The summed E-state index contributed by atoms with van der Waals surface area (Å²) in [7, 11) is 0. The quantitative estimate of drug-likeness (QED) is 0.718. The summed E-state index contributed by atoms with van der Waals surface area (Å²) in [6, 6.07) is 0. The van der Waals surface area contributed by atoms with Crippen LogP contribution in [0.5, 0.6) is 0 Å². The number of tetrazole rings is 1. The first-order valence-electron chi connectivity index (χ1n) is 7.64. The summed E-state index contributed by atoms with van der Waals surface area (Å²) in [6.07, 6.45) is 0. The van der Waals surface area contributed by atoms with Gasteiger partial charge in [-0.1, -0.05) is 11.8 Å². The van der Waals surface area contributed by atoms with Crippen LogP contribution < -0.4 is 5.56 Å². The Morgan fingerprint density at radius 3 is 2.67 bits per heavy atom. The summed E-state index contributed by atoms with van der Waals surface area (Å²) in [5.41, 5.74) is 0.713. The molecule has 3 rings (SSSR count). The molecule has 9 heteroatoms. The summed E-state index contributed by atoms with van der Waals surface area (Å²) in [5, 5.41) is 13.3. The molecule has 0 aliphatic rings. The van der Waals surface area contributed by atoms with Crippen LogP contribution in [-0.2, 0) is 5.54 Å². The van der Waals surface area contributed by atoms with Crippen molar-refractivity contribution in [2.75, 3.05) is 0 Å². The molecule has 3 aromatic heterocycles. The number of thioether (sulfide) groups is 1. The molecule has 128 valence electrons. The van der Waals surface area contributed by atoms with Gasteiger partial charge in [-0.25, -0.2) is 9.67 Å². The number of H-pyrrole nitrogens is 1. The molecule has 1 unspecified atom stereocenters. The van der Waals surface area contributed by atoms with E-state index in [0.29, 0.717) is 16.4 Å². The van der Waals surface area contributed by atoms with E-state index < -0.39 is 0 Å². The van der Waals surface area contributed by atoms with E-state index in [1.807, 2.05) is 41.5 Å². The Labute approximate surface area is 147 Å². The van der Waals surface area contributed by atoms with Crippen molar-refractivity contribution >= 4 is 33.3 Å². The van der Waals surface area contributed by atoms with Crippen LogP contribution in [0, 0.1) is 13.8 Å². The lowest BCUT2D eigenvalue weighted by atomic mass is 10.1. The van der Waals surface area contributed by atoms with Crippen LogP contribution in [0.4, 0.5) is 0 Å². The van der Waals surface area contributed by atoms with Crippen molar-refractivity contribution in [1.29, 1.82) is 0 Å². The van der Waals surface area contributed by atoms with E-state index in [9.17, 15) is 4.79 Å². The Bertz CT molecular complexity index is 949. The van der Waals surface area contributed by atoms with Crippen LogP contribution in [0.2, 0.25) is 0 Å². The van der Waals surface area contributed by atoms with Crippen LogP contribution in [0.15, 0.2) is 9.95 Å². The second-order valence-electron chi connectivity index (χ2n) is 6.72. The Balaban J connectivity index is 1.97. The van der Waals surface area contributed by atoms with Gasteiger partial charge in [-0.2, -0.15) is 0 Å². The molecule has 0 spiro atoms. The van der Waals surface area contributed by atoms with Gasteiger partial charge in [-0.3, -0.25) is 4.79 Å². The maximum absolute atomic E-state index is 12.4. The molecule has 0 aromatic carbocycles. The van der Waals surface area contributed by atoms with E-state index in [1.54, 1.807) is 16.0 Å². The number of fused-ring (bicyclic) bond motifs is 1. The van der Waals surface area contributed by atoms with Crippen molar-refractivity contribution in [3.05, 3.63) is 26.6 Å². The fourth-order valence-corrected chi connectivity index (χ4v) is 4.42. The molecule has 0 radical (unpaired) electrons. The second-order valence-corrected chi connectivity index (χ2v) is 9.23. The van der Waals surface area contributed by atoms with Gasteiger partial charge in [0.1, 0.15) is 10.7 Å². The normalized spacial score (nSPS) is 13.6. The highest BCUT2D eigenvalue weighted by atomic mass is 32.2. The zero-order chi connectivity index (χ0) is 17.6. The highest BCUT2D eigenvalue weighted by molar-refractivity contribution is 7.99. The average molecular weight is 365 g/mol. The monoisotopic (exact) mass is 364 g/mol. The minimum absolute atomic E-state index is 0.0723. The molecule has 3 heterocycles. The third kappa shape index (κ3) is 2.98. The van der Waals surface area contributed by atoms with Crippen LogP contribution in [0.25, 0.3) is 10.2 Å². The first kappa shape index (κ1) is 17.1. The van der Waals surface area contributed by atoms with Gasteiger partial charge in [0.2, 0.25) is 5.16 Å². The van der Waals surface area contributed by atoms with Crippen molar-refractivity contribution in [3.63, 3.8) is 0 Å². The van der Waals surface area contributed by atoms with Crippen LogP contribution in [-0.4, -0.2) is 30.2 Å². The standard InChI is InChI=1S/C15H20N6OS2/c1-7-8(2)23-13-10(7)12(22)16-11(17-13)9(3)24-14-18-19-20-21(14)15(4,5)6/h9H,1-6H3,(H,16,17,22). The molecule has 0 bridgehead atoms. The molecule has 0 saturated heterocycles. The Kier molecular flexibility index (Phi) is 4.25. The highest BCUT2D eigenvalue weighted by Gasteiger charge is 2.23. The fourth-order valence-electron chi connectivity index (χ4n) is 2.35. The maximum atomic E-state index is 12.4. The first-order valence-corrected chi connectivity index (χ1v) is 9.33. The van der Waals surface area contributed by atoms with E-state index in [2.05, 4.69) is 25.5 Å². The molecule has 7 nitrogen and oxygen atoms in total. The van der Waals surface area contributed by atoms with Gasteiger partial charge in [0.15, 0.2) is 0 Å². The molecule has 0 aliphatic carbocycles. The number of aryl methyl sites for hydroxylation is 2. The van der Waals surface area contributed by atoms with Crippen molar-refractivity contribution < 1.29 is 0 Å². The third-order valence-electron chi connectivity index (χ3n) is 3.80. The summed E-state index contributed by atoms with van der Waals surface area (Å²) < 4.78 is 1.78. The molecular weight excluding hydrogens is 344 g/mol. The third-order valence-corrected chi connectivity index (χ3v) is 5.94. The Hall–Kier alpha value is -1.74. The number of nitrogens with one attached hydrogen (secondary N) is 1. The topological polar surface area (TPSA) is 89.3 Å². The van der Waals surface area contributed by atoms with Gasteiger partial charge in [0, 0.05) is 4.88 Å². The number of thiophene rings is 1. The fraction of sp³-hybridized carbons (Fsp3) is 0.533. The van der Waals surface area contributed by atoms with Crippen molar-refractivity contribution in [2.24, 2.45) is 0 Å². The summed E-state index contributed by atoms with van der Waals surface area (Å²) in [4.78, 5) is 21.9. The van der Waals surface area contributed by atoms with E-state index in [4.69, 9.17) is 0 Å². The summed E-state index contributed by atoms with van der Waals surface area (Å²) in [5.74, 6) is 0.641. The lowest BCUT2D eigenvalue weighted by Crippen LogP contribution is -2.24. The molecule has 0 aliphatic heterocycles. The van der Waals surface area contributed by atoms with Gasteiger partial charge >= 0.3 is 0 Å². The van der Waals surface area contributed by atoms with E-state index in [1.165, 1.54) is 11.8 Å². The Morgan fingerprint density at radius 2 is 2.00 bits per heavy atom. The lowest BCUT2D eigenvalue weighted by Gasteiger charge is -2.20. The van der Waals surface area contributed by atoms with Crippen LogP contribution in [0.1, 0.15) is 49.2 Å². The molecule has 24 heavy (non-hydrogen) atoms. The zero-order valence-electron chi connectivity index (χ0n) is 14.5. The number of hydrogen-bond donors (Lipinski definition) is 1. The smallest absolute Gasteiger partial charge is 0.259 e. The summed E-state index contributed by atoms with van der Waals surface area (Å²) in [6.45, 7) is 12.1. The molecule has 0 amide bonds. The number of hydrogen-bond acceptors (Lipinski definition) is 7. The average Bonchev–Trinajstić information content (AvgIpc) is 3.04. The largest absolute Gasteiger partial charge is 0.309 e. The minimum atomic E-state index is -0.210. The SMILES string of the molecule is Cc1sc2nc(C(C)Sc3nnnn3C(C)(C)C)[nH]c(=O)c2c1C. The van der Waals surface area contributed by atoms with Crippen molar-refractivity contribution in [1.82, 2.24) is 30.2 Å². The number of aromatic amines is 1.